The molecule has 0 radical (unpaired) electrons. The van der Waals surface area contributed by atoms with Crippen molar-refractivity contribution in [1.29, 1.82) is 0 Å². The summed E-state index contributed by atoms with van der Waals surface area (Å²) >= 11 is 2.10. The van der Waals surface area contributed by atoms with Gasteiger partial charge in [0.2, 0.25) is 0 Å². The van der Waals surface area contributed by atoms with Crippen molar-refractivity contribution in [2.45, 2.75) is 39.5 Å². The number of unbranched alkanes of at least 4 members (excludes halogenated alkanes) is 2. The Labute approximate surface area is 86.6 Å². The van der Waals surface area contributed by atoms with Crippen molar-refractivity contribution in [1.82, 2.24) is 0 Å². The van der Waals surface area contributed by atoms with Crippen LogP contribution in [0.2, 0.25) is 0 Å². The molecule has 0 saturated heterocycles. The van der Waals surface area contributed by atoms with Gasteiger partial charge in [0, 0.05) is 0 Å². The molecule has 64 valence electrons. The van der Waals surface area contributed by atoms with Gasteiger partial charge in [0.15, 0.2) is 0 Å². The van der Waals surface area contributed by atoms with Crippen LogP contribution in [0.4, 0.5) is 0 Å². The lowest BCUT2D eigenvalue weighted by molar-refractivity contribution is 0.879. The van der Waals surface area contributed by atoms with E-state index in [2.05, 4.69) is 25.6 Å². The monoisotopic (exact) mass is 274 g/mol. The first kappa shape index (κ1) is 13.7. The molecule has 0 rings (SSSR count). The largest absolute Gasteiger partial charge is 0.162 e. The van der Waals surface area contributed by atoms with Crippen molar-refractivity contribution in [3.8, 4) is 0 Å². The second kappa shape index (κ2) is 12.7. The molecule has 0 aliphatic carbocycles. The lowest BCUT2D eigenvalue weighted by atomic mass is 10.4. The average Bonchev–Trinajstić information content (AvgIpc) is 1.89. The van der Waals surface area contributed by atoms with E-state index in [0.29, 0.717) is 0 Å². The van der Waals surface area contributed by atoms with Crippen molar-refractivity contribution in [2.24, 2.45) is 0 Å². The minimum absolute atomic E-state index is 0. The molecule has 0 bridgehead atoms. The summed E-state index contributed by atoms with van der Waals surface area (Å²) in [4.78, 5) is 0. The summed E-state index contributed by atoms with van der Waals surface area (Å²) in [6.45, 7) is 4.50. The predicted molar refractivity (Wildman–Crippen MR) is 62.6 cm³/mol. The Morgan fingerprint density at radius 3 is 1.60 bits per heavy atom. The maximum Gasteiger partial charge on any atom is -0.00676 e. The fourth-order valence-corrected chi connectivity index (χ4v) is 1.78. The van der Waals surface area contributed by atoms with E-state index in [1.165, 1.54) is 37.2 Å². The number of hydrogen-bond acceptors (Lipinski definition) is 1. The molecule has 0 heterocycles. The van der Waals surface area contributed by atoms with Gasteiger partial charge in [-0.15, -0.1) is 24.0 Å². The molecule has 0 spiro atoms. The van der Waals surface area contributed by atoms with Crippen LogP contribution in [0.15, 0.2) is 0 Å². The molecule has 0 unspecified atom stereocenters. The number of rotatable bonds is 6. The zero-order valence-corrected chi connectivity index (χ0v) is 10.2. The molecule has 0 fully saturated rings. The summed E-state index contributed by atoms with van der Waals surface area (Å²) in [7, 11) is 0. The molecule has 0 atom stereocenters. The Bertz CT molecular complexity index is 42.5. The highest BCUT2D eigenvalue weighted by Gasteiger charge is 1.85. The standard InChI is InChI=1S/C8H18S.HI/c1-3-5-7-9-8-6-4-2;/h3-8H2,1-2H3;1H. The van der Waals surface area contributed by atoms with Crippen LogP contribution in [-0.4, -0.2) is 11.5 Å². The SMILES string of the molecule is CCCCSCCCC.I. The van der Waals surface area contributed by atoms with Gasteiger partial charge in [0.1, 0.15) is 0 Å². The maximum atomic E-state index is 2.25. The molecule has 0 aromatic heterocycles. The molecule has 0 N–H and O–H groups in total. The van der Waals surface area contributed by atoms with E-state index in [9.17, 15) is 0 Å². The minimum Gasteiger partial charge on any atom is -0.162 e. The van der Waals surface area contributed by atoms with Gasteiger partial charge >= 0.3 is 0 Å². The quantitative estimate of drug-likeness (QED) is 0.522. The molecule has 0 saturated carbocycles. The normalized spacial score (nSPS) is 9.00. The van der Waals surface area contributed by atoms with Crippen LogP contribution in [-0.2, 0) is 0 Å². The molecule has 10 heavy (non-hydrogen) atoms. The van der Waals surface area contributed by atoms with E-state index in [1.807, 2.05) is 0 Å². The van der Waals surface area contributed by atoms with Crippen molar-refractivity contribution in [2.75, 3.05) is 11.5 Å². The number of thioether (sulfide) groups is 1. The Kier molecular flexibility index (Phi) is 17.4. The van der Waals surface area contributed by atoms with Crippen LogP contribution in [0.3, 0.4) is 0 Å². The van der Waals surface area contributed by atoms with Gasteiger partial charge in [-0.2, -0.15) is 11.8 Å². The Morgan fingerprint density at radius 1 is 0.900 bits per heavy atom. The highest BCUT2D eigenvalue weighted by molar-refractivity contribution is 14.0. The van der Waals surface area contributed by atoms with Crippen LogP contribution in [0.5, 0.6) is 0 Å². The molecule has 0 aromatic carbocycles. The fraction of sp³-hybridized carbons (Fsp3) is 1.00. The second-order valence-electron chi connectivity index (χ2n) is 2.32. The molecular weight excluding hydrogens is 255 g/mol. The minimum atomic E-state index is 0. The van der Waals surface area contributed by atoms with E-state index < -0.39 is 0 Å². The predicted octanol–water partition coefficient (Wildman–Crippen LogP) is 3.94. The summed E-state index contributed by atoms with van der Waals surface area (Å²) in [5.41, 5.74) is 0. The van der Waals surface area contributed by atoms with E-state index >= 15 is 0 Å². The fourth-order valence-electron chi connectivity index (χ4n) is 0.595. The first-order chi connectivity index (χ1) is 4.41. The first-order valence-corrected chi connectivity index (χ1v) is 5.15. The highest BCUT2D eigenvalue weighted by Crippen LogP contribution is 2.06. The van der Waals surface area contributed by atoms with Crippen LogP contribution >= 0.6 is 35.7 Å². The van der Waals surface area contributed by atoms with Crippen molar-refractivity contribution in [3.05, 3.63) is 0 Å². The van der Waals surface area contributed by atoms with Crippen molar-refractivity contribution >= 4 is 35.7 Å². The molecule has 0 amide bonds. The summed E-state index contributed by atoms with van der Waals surface area (Å²) in [6.07, 6.45) is 5.49. The van der Waals surface area contributed by atoms with Gasteiger partial charge in [-0.3, -0.25) is 0 Å². The third-order valence-corrected chi connectivity index (χ3v) is 2.44. The number of halogens is 1. The molecular formula is C8H19IS. The van der Waals surface area contributed by atoms with Gasteiger partial charge < -0.3 is 0 Å². The smallest absolute Gasteiger partial charge is 0.00676 e. The molecule has 0 aliphatic heterocycles. The second-order valence-corrected chi connectivity index (χ2v) is 3.54. The maximum absolute atomic E-state index is 2.25. The molecule has 2 heteroatoms. The molecule has 0 aromatic rings. The first-order valence-electron chi connectivity index (χ1n) is 3.99. The van der Waals surface area contributed by atoms with Crippen LogP contribution in [0.1, 0.15) is 39.5 Å². The van der Waals surface area contributed by atoms with Gasteiger partial charge in [-0.25, -0.2) is 0 Å². The zero-order chi connectivity index (χ0) is 6.95. The van der Waals surface area contributed by atoms with Gasteiger partial charge in [0.05, 0.1) is 0 Å². The third-order valence-electron chi connectivity index (χ3n) is 1.28. The van der Waals surface area contributed by atoms with Crippen molar-refractivity contribution in [3.63, 3.8) is 0 Å². The summed E-state index contributed by atoms with van der Waals surface area (Å²) in [5, 5.41) is 0. The zero-order valence-electron chi connectivity index (χ0n) is 7.06. The summed E-state index contributed by atoms with van der Waals surface area (Å²) < 4.78 is 0. The number of hydrogen-bond donors (Lipinski definition) is 0. The summed E-state index contributed by atoms with van der Waals surface area (Å²) in [5.74, 6) is 2.74. The van der Waals surface area contributed by atoms with Crippen LogP contribution < -0.4 is 0 Å². The lowest BCUT2D eigenvalue weighted by Crippen LogP contribution is -1.81. The van der Waals surface area contributed by atoms with Crippen LogP contribution in [0.25, 0.3) is 0 Å². The Hall–Kier alpha value is 1.08. The molecule has 0 aliphatic rings. The van der Waals surface area contributed by atoms with E-state index in [4.69, 9.17) is 0 Å². The lowest BCUT2D eigenvalue weighted by Gasteiger charge is -1.96. The third kappa shape index (κ3) is 11.8. The van der Waals surface area contributed by atoms with E-state index in [-0.39, 0.29) is 24.0 Å². The van der Waals surface area contributed by atoms with Crippen molar-refractivity contribution < 1.29 is 0 Å². The van der Waals surface area contributed by atoms with Gasteiger partial charge in [-0.05, 0) is 24.3 Å². The average molecular weight is 274 g/mol. The van der Waals surface area contributed by atoms with E-state index in [1.54, 1.807) is 0 Å². The van der Waals surface area contributed by atoms with Crippen LogP contribution in [0, 0.1) is 0 Å². The van der Waals surface area contributed by atoms with Gasteiger partial charge in [0.25, 0.3) is 0 Å². The van der Waals surface area contributed by atoms with Gasteiger partial charge in [-0.1, -0.05) is 26.7 Å². The van der Waals surface area contributed by atoms with E-state index in [0.717, 1.165) is 0 Å². The summed E-state index contributed by atoms with van der Waals surface area (Å²) in [6, 6.07) is 0. The Balaban J connectivity index is 0. The Morgan fingerprint density at radius 2 is 1.30 bits per heavy atom. The highest BCUT2D eigenvalue weighted by atomic mass is 127. The molecule has 0 nitrogen and oxygen atoms in total. The topological polar surface area (TPSA) is 0 Å².